The summed E-state index contributed by atoms with van der Waals surface area (Å²) in [6.45, 7) is 9.54. The molecule has 0 N–H and O–H groups in total. The second-order valence-corrected chi connectivity index (χ2v) is 11.6. The van der Waals surface area contributed by atoms with E-state index in [4.69, 9.17) is 0 Å². The normalized spacial score (nSPS) is 19.4. The van der Waals surface area contributed by atoms with Gasteiger partial charge in [-0.15, -0.1) is 0 Å². The summed E-state index contributed by atoms with van der Waals surface area (Å²) >= 11 is 0. The lowest BCUT2D eigenvalue weighted by atomic mass is 10.2. The van der Waals surface area contributed by atoms with Crippen LogP contribution in [0, 0.1) is 27.7 Å². The van der Waals surface area contributed by atoms with Gasteiger partial charge >= 0.3 is 0 Å². The molecule has 0 aliphatic carbocycles. The quantitative estimate of drug-likeness (QED) is 0.738. The highest BCUT2D eigenvalue weighted by Crippen LogP contribution is 2.28. The molecule has 0 bridgehead atoms. The summed E-state index contributed by atoms with van der Waals surface area (Å²) in [6, 6.07) is 10.1. The molecule has 1 aliphatic heterocycles. The van der Waals surface area contributed by atoms with E-state index in [1.807, 2.05) is 26.0 Å². The van der Waals surface area contributed by atoms with Crippen LogP contribution in [-0.2, 0) is 20.0 Å². The largest absolute Gasteiger partial charge is 0.243 e. The van der Waals surface area contributed by atoms with Crippen molar-refractivity contribution in [2.75, 3.05) is 19.6 Å². The van der Waals surface area contributed by atoms with Crippen molar-refractivity contribution < 1.29 is 16.8 Å². The second-order valence-electron chi connectivity index (χ2n) is 7.87. The Kier molecular flexibility index (Phi) is 5.93. The summed E-state index contributed by atoms with van der Waals surface area (Å²) < 4.78 is 55.5. The lowest BCUT2D eigenvalue weighted by molar-refractivity contribution is 0.212. The molecule has 2 aromatic rings. The highest BCUT2D eigenvalue weighted by Gasteiger charge is 2.38. The first-order valence-corrected chi connectivity index (χ1v) is 12.5. The maximum Gasteiger partial charge on any atom is 0.243 e. The van der Waals surface area contributed by atoms with Gasteiger partial charge in [0.05, 0.1) is 9.79 Å². The third-order valence-corrected chi connectivity index (χ3v) is 9.59. The summed E-state index contributed by atoms with van der Waals surface area (Å²) in [6.07, 6.45) is 0. The van der Waals surface area contributed by atoms with Gasteiger partial charge in [0.2, 0.25) is 20.0 Å². The van der Waals surface area contributed by atoms with E-state index in [-0.39, 0.29) is 29.4 Å². The molecule has 3 rings (SSSR count). The van der Waals surface area contributed by atoms with Crippen molar-refractivity contribution in [2.45, 2.75) is 50.5 Å². The summed E-state index contributed by atoms with van der Waals surface area (Å²) in [5, 5.41) is 0. The molecule has 8 heteroatoms. The van der Waals surface area contributed by atoms with Gasteiger partial charge in [0.25, 0.3) is 0 Å². The molecule has 0 saturated carbocycles. The van der Waals surface area contributed by atoms with Crippen LogP contribution in [-0.4, -0.2) is 51.1 Å². The van der Waals surface area contributed by atoms with Gasteiger partial charge in [0.15, 0.2) is 0 Å². The molecule has 0 unspecified atom stereocenters. The summed E-state index contributed by atoms with van der Waals surface area (Å²) in [5.41, 5.74) is 3.39. The molecule has 0 radical (unpaired) electrons. The zero-order chi connectivity index (χ0) is 21.6. The fourth-order valence-electron chi connectivity index (χ4n) is 3.93. The van der Waals surface area contributed by atoms with Crippen LogP contribution >= 0.6 is 0 Å². The first-order valence-electron chi connectivity index (χ1n) is 9.61. The van der Waals surface area contributed by atoms with Gasteiger partial charge in [0.1, 0.15) is 0 Å². The number of piperazine rings is 1. The van der Waals surface area contributed by atoms with E-state index < -0.39 is 26.1 Å². The zero-order valence-corrected chi connectivity index (χ0v) is 19.1. The van der Waals surface area contributed by atoms with E-state index in [0.717, 1.165) is 11.1 Å². The van der Waals surface area contributed by atoms with Gasteiger partial charge in [0, 0.05) is 25.7 Å². The molecule has 2 aromatic carbocycles. The lowest BCUT2D eigenvalue weighted by Gasteiger charge is -2.38. The van der Waals surface area contributed by atoms with Crippen molar-refractivity contribution in [3.63, 3.8) is 0 Å². The van der Waals surface area contributed by atoms with Crippen LogP contribution in [0.3, 0.4) is 0 Å². The van der Waals surface area contributed by atoms with Gasteiger partial charge in [-0.25, -0.2) is 16.8 Å². The molecular weight excluding hydrogens is 408 g/mol. The predicted octanol–water partition coefficient (Wildman–Crippen LogP) is 3.00. The topological polar surface area (TPSA) is 74.8 Å². The number of benzene rings is 2. The van der Waals surface area contributed by atoms with Crippen LogP contribution in [0.5, 0.6) is 0 Å². The lowest BCUT2D eigenvalue weighted by Crippen LogP contribution is -2.55. The summed E-state index contributed by atoms with van der Waals surface area (Å²) in [4.78, 5) is 0.557. The number of aryl methyl sites for hydroxylation is 4. The van der Waals surface area contributed by atoms with Crippen molar-refractivity contribution in [1.82, 2.24) is 8.61 Å². The number of hydrogen-bond donors (Lipinski definition) is 0. The van der Waals surface area contributed by atoms with E-state index in [1.165, 1.54) is 8.61 Å². The van der Waals surface area contributed by atoms with Crippen molar-refractivity contribution in [2.24, 2.45) is 0 Å². The van der Waals surface area contributed by atoms with Crippen LogP contribution in [0.2, 0.25) is 0 Å². The molecule has 0 spiro atoms. The van der Waals surface area contributed by atoms with E-state index >= 15 is 0 Å². The molecule has 0 amide bonds. The number of nitrogens with zero attached hydrogens (tertiary/aromatic N) is 2. The number of hydrogen-bond acceptors (Lipinski definition) is 4. The zero-order valence-electron chi connectivity index (χ0n) is 17.5. The smallest absolute Gasteiger partial charge is 0.207 e. The van der Waals surface area contributed by atoms with Crippen LogP contribution < -0.4 is 0 Å². The second kappa shape index (κ2) is 7.83. The standard InChI is InChI=1S/C21H28N2O4S2/c1-15-6-8-20(17(3)12-15)28(24,25)22-10-11-23(19(5)14-22)29(26,27)21-9-7-16(2)13-18(21)4/h6-9,12-13,19H,10-11,14H2,1-5H3/t19-/m1/s1. The van der Waals surface area contributed by atoms with E-state index in [2.05, 4.69) is 0 Å². The number of sulfonamides is 2. The van der Waals surface area contributed by atoms with Gasteiger partial charge in [-0.3, -0.25) is 0 Å². The Morgan fingerprint density at radius 1 is 0.759 bits per heavy atom. The van der Waals surface area contributed by atoms with E-state index in [1.54, 1.807) is 45.0 Å². The Bertz CT molecular complexity index is 1140. The van der Waals surface area contributed by atoms with Crippen molar-refractivity contribution >= 4 is 20.0 Å². The average molecular weight is 437 g/mol. The first kappa shape index (κ1) is 22.0. The third-order valence-electron chi connectivity index (χ3n) is 5.39. The third kappa shape index (κ3) is 4.12. The van der Waals surface area contributed by atoms with Gasteiger partial charge in [-0.2, -0.15) is 8.61 Å². The highest BCUT2D eigenvalue weighted by molar-refractivity contribution is 7.89. The minimum absolute atomic E-state index is 0.125. The fourth-order valence-corrected chi connectivity index (χ4v) is 7.46. The molecule has 6 nitrogen and oxygen atoms in total. The molecule has 29 heavy (non-hydrogen) atoms. The fraction of sp³-hybridized carbons (Fsp3) is 0.429. The Morgan fingerprint density at radius 2 is 1.24 bits per heavy atom. The van der Waals surface area contributed by atoms with Gasteiger partial charge in [-0.1, -0.05) is 35.4 Å². The molecule has 1 aliphatic rings. The Labute approximate surface area is 174 Å². The number of rotatable bonds is 4. The van der Waals surface area contributed by atoms with Crippen LogP contribution in [0.25, 0.3) is 0 Å². The molecule has 0 aromatic heterocycles. The minimum Gasteiger partial charge on any atom is -0.207 e. The van der Waals surface area contributed by atoms with Crippen LogP contribution in [0.15, 0.2) is 46.2 Å². The first-order chi connectivity index (χ1) is 13.4. The monoisotopic (exact) mass is 436 g/mol. The molecule has 158 valence electrons. The van der Waals surface area contributed by atoms with E-state index in [9.17, 15) is 16.8 Å². The van der Waals surface area contributed by atoms with Crippen molar-refractivity contribution in [3.8, 4) is 0 Å². The van der Waals surface area contributed by atoms with Gasteiger partial charge < -0.3 is 0 Å². The molecule has 1 heterocycles. The van der Waals surface area contributed by atoms with Crippen LogP contribution in [0.4, 0.5) is 0 Å². The SMILES string of the molecule is Cc1ccc(S(=O)(=O)N2CCN(S(=O)(=O)c3ccc(C)cc3C)[C@H](C)C2)c(C)c1. The predicted molar refractivity (Wildman–Crippen MR) is 114 cm³/mol. The average Bonchev–Trinajstić information content (AvgIpc) is 2.60. The van der Waals surface area contributed by atoms with Crippen molar-refractivity contribution in [3.05, 3.63) is 58.7 Å². The highest BCUT2D eigenvalue weighted by atomic mass is 32.2. The minimum atomic E-state index is -3.69. The summed E-state index contributed by atoms with van der Waals surface area (Å²) in [7, 11) is -7.37. The maximum absolute atomic E-state index is 13.2. The van der Waals surface area contributed by atoms with Gasteiger partial charge in [-0.05, 0) is 57.9 Å². The molecule has 1 saturated heterocycles. The van der Waals surface area contributed by atoms with Crippen LogP contribution in [0.1, 0.15) is 29.2 Å². The summed E-state index contributed by atoms with van der Waals surface area (Å²) in [5.74, 6) is 0. The maximum atomic E-state index is 13.2. The van der Waals surface area contributed by atoms with Crippen molar-refractivity contribution in [1.29, 1.82) is 0 Å². The molecule has 1 fully saturated rings. The Balaban J connectivity index is 1.87. The Morgan fingerprint density at radius 3 is 1.69 bits per heavy atom. The molecular formula is C21H28N2O4S2. The molecule has 1 atom stereocenters. The van der Waals surface area contributed by atoms with E-state index in [0.29, 0.717) is 11.1 Å². The Hall–Kier alpha value is -1.74.